The molecule has 5 N–H and O–H groups in total. The fourth-order valence-electron chi connectivity index (χ4n) is 7.77. The maximum absolute atomic E-state index is 13.8. The fraction of sp³-hybridized carbons (Fsp3) is 0.633. The molecule has 3 saturated carbocycles. The number of amides is 1. The van der Waals surface area contributed by atoms with Gasteiger partial charge in [0, 0.05) is 23.8 Å². The number of primary amides is 1. The second-order valence-electron chi connectivity index (χ2n) is 12.7. The van der Waals surface area contributed by atoms with Crippen LogP contribution in [0.3, 0.4) is 0 Å². The van der Waals surface area contributed by atoms with E-state index in [2.05, 4.69) is 0 Å². The lowest BCUT2D eigenvalue weighted by Crippen LogP contribution is -2.72. The molecule has 0 bridgehead atoms. The van der Waals surface area contributed by atoms with Gasteiger partial charge in [0.05, 0.1) is 17.6 Å². The van der Waals surface area contributed by atoms with Gasteiger partial charge < -0.3 is 21.1 Å². The highest BCUT2D eigenvalue weighted by molar-refractivity contribution is 6.31. The normalized spacial score (nSPS) is 33.1. The van der Waals surface area contributed by atoms with Gasteiger partial charge in [-0.1, -0.05) is 64.5 Å². The predicted molar refractivity (Wildman–Crippen MR) is 139 cm³/mol. The third-order valence-electron chi connectivity index (χ3n) is 10.0. The van der Waals surface area contributed by atoms with Gasteiger partial charge in [-0.3, -0.25) is 24.0 Å². The Morgan fingerprint density at radius 1 is 1.08 bits per heavy atom. The molecular formula is C30H37NO8. The van der Waals surface area contributed by atoms with Gasteiger partial charge >= 0.3 is 0 Å². The van der Waals surface area contributed by atoms with E-state index in [0.717, 1.165) is 25.2 Å². The molecule has 6 atom stereocenters. The molecule has 0 heterocycles. The number of nitrogens with two attached hydrogens (primary N) is 1. The largest absolute Gasteiger partial charge is 0.507 e. The highest BCUT2D eigenvalue weighted by atomic mass is 16.3. The number of phenolic OH excluding ortho intramolecular Hbond substituents is 1. The van der Waals surface area contributed by atoms with Crippen molar-refractivity contribution in [1.82, 2.24) is 0 Å². The van der Waals surface area contributed by atoms with Crippen molar-refractivity contribution in [3.05, 3.63) is 28.8 Å². The van der Waals surface area contributed by atoms with E-state index in [0.29, 0.717) is 11.1 Å². The van der Waals surface area contributed by atoms with Crippen LogP contribution in [-0.4, -0.2) is 56.1 Å². The summed E-state index contributed by atoms with van der Waals surface area (Å²) in [6.45, 7) is 4.01. The number of ketones is 4. The molecule has 1 amide bonds. The van der Waals surface area contributed by atoms with Crippen molar-refractivity contribution in [2.45, 2.75) is 88.8 Å². The highest BCUT2D eigenvalue weighted by Crippen LogP contribution is 2.51. The number of fused-ring (bicyclic) bond motifs is 3. The van der Waals surface area contributed by atoms with Gasteiger partial charge in [-0.2, -0.15) is 0 Å². The average molecular weight is 540 g/mol. The highest BCUT2D eigenvalue weighted by Gasteiger charge is 2.69. The van der Waals surface area contributed by atoms with E-state index in [1.165, 1.54) is 25.7 Å². The van der Waals surface area contributed by atoms with E-state index >= 15 is 0 Å². The Morgan fingerprint density at radius 2 is 1.74 bits per heavy atom. The fourth-order valence-corrected chi connectivity index (χ4v) is 7.77. The molecule has 0 spiro atoms. The Labute approximate surface area is 227 Å². The minimum absolute atomic E-state index is 0.0361. The molecule has 0 saturated heterocycles. The lowest BCUT2D eigenvalue weighted by Gasteiger charge is -2.51. The smallest absolute Gasteiger partial charge is 0.235 e. The molecule has 4 aliphatic carbocycles. The summed E-state index contributed by atoms with van der Waals surface area (Å²) in [5, 5.41) is 33.9. The van der Waals surface area contributed by atoms with E-state index in [9.17, 15) is 39.3 Å². The van der Waals surface area contributed by atoms with Crippen LogP contribution in [0.5, 0.6) is 5.75 Å². The van der Waals surface area contributed by atoms with Crippen molar-refractivity contribution in [3.63, 3.8) is 0 Å². The first-order valence-electron chi connectivity index (χ1n) is 14.0. The second-order valence-corrected chi connectivity index (χ2v) is 12.7. The van der Waals surface area contributed by atoms with Gasteiger partial charge in [-0.05, 0) is 29.7 Å². The number of phenols is 1. The van der Waals surface area contributed by atoms with Gasteiger partial charge in [0.2, 0.25) is 5.91 Å². The molecule has 1 aromatic rings. The Morgan fingerprint density at radius 3 is 2.38 bits per heavy atom. The summed E-state index contributed by atoms with van der Waals surface area (Å²) in [5.41, 5.74) is 2.87. The number of aromatic hydroxyl groups is 1. The van der Waals surface area contributed by atoms with Crippen LogP contribution in [0.2, 0.25) is 0 Å². The summed E-state index contributed by atoms with van der Waals surface area (Å²) in [4.78, 5) is 64.9. The van der Waals surface area contributed by atoms with Gasteiger partial charge in [-0.15, -0.1) is 0 Å². The molecule has 3 fully saturated rings. The summed E-state index contributed by atoms with van der Waals surface area (Å²) in [5.74, 6) is -11.1. The number of Topliss-reactive ketones (excluding diaryl/α,β-unsaturated/α-hetero) is 4. The average Bonchev–Trinajstić information content (AvgIpc) is 3.37. The molecule has 39 heavy (non-hydrogen) atoms. The number of carbonyl (C=O) groups excluding carboxylic acids is 5. The van der Waals surface area contributed by atoms with Crippen molar-refractivity contribution < 1.29 is 39.3 Å². The van der Waals surface area contributed by atoms with Crippen LogP contribution in [0, 0.1) is 29.6 Å². The first kappa shape index (κ1) is 27.6. The SMILES string of the molecule is CC(C)(CCCC1CCCC1)c1ccc2c(c1O)C(=O)C1C(=O)[C@]3(O)C(=O)C(C(N)=O)C(=O)C[C@@H]3[C@@H](O)[C@@H]1C2. The van der Waals surface area contributed by atoms with Gasteiger partial charge in [-0.25, -0.2) is 0 Å². The van der Waals surface area contributed by atoms with E-state index < -0.39 is 76.3 Å². The molecule has 9 nitrogen and oxygen atoms in total. The zero-order valence-electron chi connectivity index (χ0n) is 22.4. The van der Waals surface area contributed by atoms with E-state index in [1.54, 1.807) is 12.1 Å². The maximum Gasteiger partial charge on any atom is 0.235 e. The van der Waals surface area contributed by atoms with Crippen LogP contribution >= 0.6 is 0 Å². The number of rotatable bonds is 6. The first-order valence-corrected chi connectivity index (χ1v) is 14.0. The number of carbonyl (C=O) groups is 5. The maximum atomic E-state index is 13.8. The second kappa shape index (κ2) is 9.63. The third kappa shape index (κ3) is 4.16. The van der Waals surface area contributed by atoms with Crippen LogP contribution in [0.25, 0.3) is 0 Å². The standard InChI is InChI=1S/C30H37NO8/c1-29(2,11-5-8-14-6-3-4-7-14)17-10-9-15-12-16-21(25(35)20(15)24(17)34)26(36)30(39)18(23(16)33)13-19(32)22(27(30)37)28(31)38/h9-10,14,16,18,21-23,33-34,39H,3-8,11-13H2,1-2H3,(H2,31,38)/t16-,18-,21?,22?,23+,30+/m1/s1. The summed E-state index contributed by atoms with van der Waals surface area (Å²) < 4.78 is 0. The van der Waals surface area contributed by atoms with Crippen LogP contribution in [0.4, 0.5) is 0 Å². The van der Waals surface area contributed by atoms with Crippen LogP contribution in [-0.2, 0) is 31.0 Å². The minimum atomic E-state index is -2.89. The number of hydrogen-bond acceptors (Lipinski definition) is 8. The predicted octanol–water partition coefficient (Wildman–Crippen LogP) is 1.94. The van der Waals surface area contributed by atoms with Gasteiger partial charge in [0.25, 0.3) is 0 Å². The number of aliphatic hydroxyl groups excluding tert-OH is 1. The minimum Gasteiger partial charge on any atom is -0.507 e. The Balaban J connectivity index is 1.47. The number of aliphatic hydroxyl groups is 2. The first-order chi connectivity index (χ1) is 18.3. The number of benzene rings is 1. The van der Waals surface area contributed by atoms with E-state index in [1.807, 2.05) is 13.8 Å². The van der Waals surface area contributed by atoms with Crippen molar-refractivity contribution in [2.75, 3.05) is 0 Å². The molecule has 1 aromatic carbocycles. The van der Waals surface area contributed by atoms with Crippen molar-refractivity contribution in [3.8, 4) is 5.75 Å². The molecule has 0 aromatic heterocycles. The topological polar surface area (TPSA) is 172 Å². The Hall–Kier alpha value is -2.91. The lowest BCUT2D eigenvalue weighted by atomic mass is 9.52. The van der Waals surface area contributed by atoms with Gasteiger partial charge in [0.1, 0.15) is 5.75 Å². The molecule has 2 unspecified atom stereocenters. The quantitative estimate of drug-likeness (QED) is 0.397. The van der Waals surface area contributed by atoms with Crippen LogP contribution in [0.15, 0.2) is 12.1 Å². The third-order valence-corrected chi connectivity index (χ3v) is 10.0. The van der Waals surface area contributed by atoms with E-state index in [4.69, 9.17) is 5.73 Å². The molecule has 9 heteroatoms. The monoisotopic (exact) mass is 539 g/mol. The molecule has 5 rings (SSSR count). The van der Waals surface area contributed by atoms with Crippen LogP contribution < -0.4 is 5.73 Å². The van der Waals surface area contributed by atoms with E-state index in [-0.39, 0.29) is 17.7 Å². The van der Waals surface area contributed by atoms with Crippen molar-refractivity contribution in [2.24, 2.45) is 35.3 Å². The molecule has 4 aliphatic rings. The summed E-state index contributed by atoms with van der Waals surface area (Å²) in [6.07, 6.45) is 5.88. The van der Waals surface area contributed by atoms with Crippen molar-refractivity contribution >= 4 is 29.0 Å². The van der Waals surface area contributed by atoms with Crippen LogP contribution in [0.1, 0.15) is 86.7 Å². The molecule has 210 valence electrons. The zero-order chi connectivity index (χ0) is 28.4. The zero-order valence-corrected chi connectivity index (χ0v) is 22.4. The van der Waals surface area contributed by atoms with Crippen molar-refractivity contribution in [1.29, 1.82) is 0 Å². The number of hydrogen-bond donors (Lipinski definition) is 4. The Bertz CT molecular complexity index is 1260. The Kier molecular flexibility index (Phi) is 6.82. The summed E-state index contributed by atoms with van der Waals surface area (Å²) in [6, 6.07) is 3.52. The molecule has 0 radical (unpaired) electrons. The summed E-state index contributed by atoms with van der Waals surface area (Å²) >= 11 is 0. The molecular weight excluding hydrogens is 502 g/mol. The summed E-state index contributed by atoms with van der Waals surface area (Å²) in [7, 11) is 0. The van der Waals surface area contributed by atoms with Gasteiger partial charge in [0.15, 0.2) is 34.7 Å². The lowest BCUT2D eigenvalue weighted by molar-refractivity contribution is -0.188. The molecule has 0 aliphatic heterocycles.